The van der Waals surface area contributed by atoms with E-state index in [1.54, 1.807) is 0 Å². The van der Waals surface area contributed by atoms with Crippen LogP contribution in [0.15, 0.2) is 0 Å². The van der Waals surface area contributed by atoms with Crippen molar-refractivity contribution in [2.24, 2.45) is 46.3 Å². The molecule has 4 fully saturated rings. The molecule has 4 saturated carbocycles. The lowest BCUT2D eigenvalue weighted by Gasteiger charge is -2.59. The Kier molecular flexibility index (Phi) is 5.20. The van der Waals surface area contributed by atoms with E-state index < -0.39 is 12.1 Å². The lowest BCUT2D eigenvalue weighted by molar-refractivity contribution is -0.171. The van der Waals surface area contributed by atoms with Crippen molar-refractivity contribution in [1.29, 1.82) is 0 Å². The van der Waals surface area contributed by atoms with Gasteiger partial charge < -0.3 is 10.2 Å². The molecule has 0 amide bonds. The fraction of sp³-hybridized carbons (Fsp3) is 0.875. The average molecular weight is 405 g/mol. The smallest absolute Gasteiger partial charge is 0.303 e. The predicted molar refractivity (Wildman–Crippen MR) is 108 cm³/mol. The first-order valence-corrected chi connectivity index (χ1v) is 11.6. The van der Waals surface area contributed by atoms with E-state index in [9.17, 15) is 19.5 Å². The molecular weight excluding hydrogens is 368 g/mol. The molecule has 0 heterocycles. The van der Waals surface area contributed by atoms with Gasteiger partial charge in [-0.3, -0.25) is 14.4 Å². The summed E-state index contributed by atoms with van der Waals surface area (Å²) in [5, 5.41) is 19.2. The lowest BCUT2D eigenvalue weighted by Crippen LogP contribution is -2.61. The van der Waals surface area contributed by atoms with Crippen molar-refractivity contribution >= 4 is 17.5 Å². The van der Waals surface area contributed by atoms with Crippen molar-refractivity contribution < 1.29 is 24.6 Å². The number of aliphatic carboxylic acids is 1. The third-order valence-electron chi connectivity index (χ3n) is 9.87. The molecule has 9 atom stereocenters. The van der Waals surface area contributed by atoms with E-state index in [4.69, 9.17) is 5.11 Å². The largest absolute Gasteiger partial charge is 0.481 e. The molecule has 2 N–H and O–H groups in total. The molecule has 0 spiro atoms. The number of carboxylic acid groups (broad SMARTS) is 1. The molecule has 0 radical (unpaired) electrons. The van der Waals surface area contributed by atoms with Gasteiger partial charge in [-0.2, -0.15) is 0 Å². The summed E-state index contributed by atoms with van der Waals surface area (Å²) >= 11 is 0. The number of Topliss-reactive ketones (excluding diaryl/α,β-unsaturated/α-hetero) is 2. The minimum Gasteiger partial charge on any atom is -0.481 e. The van der Waals surface area contributed by atoms with E-state index in [2.05, 4.69) is 20.8 Å². The number of hydrogen-bond donors (Lipinski definition) is 2. The van der Waals surface area contributed by atoms with Gasteiger partial charge in [0.25, 0.3) is 0 Å². The molecule has 4 aliphatic rings. The molecule has 0 aromatic carbocycles. The van der Waals surface area contributed by atoms with E-state index >= 15 is 0 Å². The van der Waals surface area contributed by atoms with Crippen LogP contribution in [0.2, 0.25) is 0 Å². The number of aliphatic hydroxyl groups excluding tert-OH is 1. The van der Waals surface area contributed by atoms with Crippen LogP contribution in [0.1, 0.15) is 78.6 Å². The van der Waals surface area contributed by atoms with Gasteiger partial charge in [0.1, 0.15) is 0 Å². The number of carbonyl (C=O) groups is 3. The fourth-order valence-electron chi connectivity index (χ4n) is 8.27. The Hall–Kier alpha value is -1.23. The van der Waals surface area contributed by atoms with Crippen LogP contribution < -0.4 is 0 Å². The summed E-state index contributed by atoms with van der Waals surface area (Å²) in [6.07, 6.45) is 6.48. The van der Waals surface area contributed by atoms with Crippen molar-refractivity contribution in [2.75, 3.05) is 0 Å². The molecule has 4 aliphatic carbocycles. The monoisotopic (exact) mass is 404 g/mol. The summed E-state index contributed by atoms with van der Waals surface area (Å²) in [6, 6.07) is 0. The molecule has 162 valence electrons. The number of carboxylic acids is 1. The second-order valence-corrected chi connectivity index (χ2v) is 11.1. The highest BCUT2D eigenvalue weighted by Gasteiger charge is 2.65. The summed E-state index contributed by atoms with van der Waals surface area (Å²) in [6.45, 7) is 6.68. The van der Waals surface area contributed by atoms with E-state index in [0.29, 0.717) is 24.7 Å². The van der Waals surface area contributed by atoms with Gasteiger partial charge in [-0.1, -0.05) is 20.8 Å². The second-order valence-electron chi connectivity index (χ2n) is 11.1. The molecule has 0 saturated heterocycles. The van der Waals surface area contributed by atoms with Crippen LogP contribution in [0.25, 0.3) is 0 Å². The van der Waals surface area contributed by atoms with Gasteiger partial charge >= 0.3 is 5.97 Å². The number of hydrogen-bond acceptors (Lipinski definition) is 4. The van der Waals surface area contributed by atoms with Crippen LogP contribution in [-0.2, 0) is 14.4 Å². The first-order valence-electron chi connectivity index (χ1n) is 11.6. The van der Waals surface area contributed by atoms with Gasteiger partial charge in [0.05, 0.1) is 6.10 Å². The van der Waals surface area contributed by atoms with Gasteiger partial charge in [-0.15, -0.1) is 0 Å². The minimum absolute atomic E-state index is 0.0202. The fourth-order valence-corrected chi connectivity index (χ4v) is 8.27. The average Bonchev–Trinajstić information content (AvgIpc) is 3.02. The van der Waals surface area contributed by atoms with Crippen LogP contribution in [-0.4, -0.2) is 33.9 Å². The zero-order valence-corrected chi connectivity index (χ0v) is 18.0. The molecule has 29 heavy (non-hydrogen) atoms. The highest BCUT2D eigenvalue weighted by Crippen LogP contribution is 2.67. The Morgan fingerprint density at radius 1 is 1.03 bits per heavy atom. The van der Waals surface area contributed by atoms with E-state index in [-0.39, 0.29) is 52.5 Å². The predicted octanol–water partition coefficient (Wildman–Crippen LogP) is 3.87. The zero-order chi connectivity index (χ0) is 21.1. The lowest BCUT2D eigenvalue weighted by atomic mass is 9.43. The van der Waals surface area contributed by atoms with Crippen LogP contribution >= 0.6 is 0 Å². The number of ketones is 2. The number of fused-ring (bicyclic) bond motifs is 5. The van der Waals surface area contributed by atoms with Gasteiger partial charge in [0, 0.05) is 18.3 Å². The van der Waals surface area contributed by atoms with Crippen LogP contribution in [0.5, 0.6) is 0 Å². The Morgan fingerprint density at radius 2 is 1.69 bits per heavy atom. The summed E-state index contributed by atoms with van der Waals surface area (Å²) < 4.78 is 0. The van der Waals surface area contributed by atoms with Gasteiger partial charge in [-0.25, -0.2) is 0 Å². The molecule has 4 rings (SSSR count). The van der Waals surface area contributed by atoms with E-state index in [1.807, 2.05) is 0 Å². The van der Waals surface area contributed by atoms with Gasteiger partial charge in [-0.05, 0) is 85.9 Å². The highest BCUT2D eigenvalue weighted by atomic mass is 16.4. The Bertz CT molecular complexity index is 716. The van der Waals surface area contributed by atoms with Gasteiger partial charge in [0.2, 0.25) is 11.6 Å². The third-order valence-corrected chi connectivity index (χ3v) is 9.87. The Labute approximate surface area is 173 Å². The first kappa shape index (κ1) is 21.0. The number of carbonyl (C=O) groups excluding carboxylic acids is 2. The summed E-state index contributed by atoms with van der Waals surface area (Å²) in [7, 11) is 0. The van der Waals surface area contributed by atoms with E-state index in [0.717, 1.165) is 38.5 Å². The third kappa shape index (κ3) is 3.10. The summed E-state index contributed by atoms with van der Waals surface area (Å²) in [5.74, 6) is -0.386. The Morgan fingerprint density at radius 3 is 2.38 bits per heavy atom. The first-order chi connectivity index (χ1) is 13.6. The van der Waals surface area contributed by atoms with E-state index in [1.165, 1.54) is 0 Å². The van der Waals surface area contributed by atoms with Gasteiger partial charge in [0.15, 0.2) is 0 Å². The maximum absolute atomic E-state index is 13.3. The SMILES string of the molecule is CC(CCC(=O)O)C1CCC2C3C(=O)C(=O)C4CC(O)CCC4(C)C3CCC12C. The molecule has 5 heteroatoms. The van der Waals surface area contributed by atoms with Crippen molar-refractivity contribution in [3.8, 4) is 0 Å². The standard InChI is InChI=1S/C24H36O5/c1-13(4-7-19(26)27)15-5-6-16-20-17(9-11-23(15,16)2)24(3)10-8-14(25)12-18(24)21(28)22(20)29/h13-18,20,25H,4-12H2,1-3H3,(H,26,27). The molecule has 0 aromatic rings. The quantitative estimate of drug-likeness (QED) is 0.694. The van der Waals surface area contributed by atoms with Crippen molar-refractivity contribution in [2.45, 2.75) is 84.7 Å². The summed E-state index contributed by atoms with van der Waals surface area (Å²) in [4.78, 5) is 37.5. The number of rotatable bonds is 4. The van der Waals surface area contributed by atoms with Crippen LogP contribution in [0.4, 0.5) is 0 Å². The van der Waals surface area contributed by atoms with Crippen molar-refractivity contribution in [3.63, 3.8) is 0 Å². The maximum Gasteiger partial charge on any atom is 0.303 e. The normalized spacial score (nSPS) is 47.9. The zero-order valence-electron chi connectivity index (χ0n) is 18.0. The minimum atomic E-state index is -0.744. The molecule has 0 aromatic heterocycles. The highest BCUT2D eigenvalue weighted by molar-refractivity contribution is 6.39. The van der Waals surface area contributed by atoms with Crippen LogP contribution in [0, 0.1) is 46.3 Å². The molecular formula is C24H36O5. The van der Waals surface area contributed by atoms with Crippen molar-refractivity contribution in [1.82, 2.24) is 0 Å². The Balaban J connectivity index is 1.61. The molecule has 0 bridgehead atoms. The topological polar surface area (TPSA) is 91.7 Å². The summed E-state index contributed by atoms with van der Waals surface area (Å²) in [5.41, 5.74) is -0.143. The second kappa shape index (κ2) is 7.18. The van der Waals surface area contributed by atoms with Crippen molar-refractivity contribution in [3.05, 3.63) is 0 Å². The van der Waals surface area contributed by atoms with Crippen LogP contribution in [0.3, 0.4) is 0 Å². The number of aliphatic hydroxyl groups is 1. The molecule has 9 unspecified atom stereocenters. The molecule has 0 aliphatic heterocycles. The maximum atomic E-state index is 13.3. The molecule has 5 nitrogen and oxygen atoms in total.